The van der Waals surface area contributed by atoms with Gasteiger partial charge in [0.05, 0.1) is 9.85 Å². The molecule has 0 unspecified atom stereocenters. The molecule has 0 radical (unpaired) electrons. The van der Waals surface area contributed by atoms with Gasteiger partial charge in [-0.05, 0) is 22.6 Å². The van der Waals surface area contributed by atoms with Crippen molar-refractivity contribution in [1.82, 2.24) is 0 Å². The van der Waals surface area contributed by atoms with Crippen LogP contribution < -0.4 is 0 Å². The molecule has 0 bridgehead atoms. The van der Waals surface area contributed by atoms with E-state index in [9.17, 15) is 30.4 Å². The molecular formula is C5H2I2N2O6. The minimum Gasteiger partial charge on any atom is -0.498 e. The van der Waals surface area contributed by atoms with Crippen LogP contribution in [-0.4, -0.2) is 23.8 Å². The van der Waals surface area contributed by atoms with E-state index in [0.717, 1.165) is 0 Å². The molecule has 1 heterocycles. The van der Waals surface area contributed by atoms with E-state index in [1.807, 2.05) is 0 Å². The molecule has 1 rings (SSSR count). The number of halogens is 2. The van der Waals surface area contributed by atoms with Gasteiger partial charge >= 0.3 is 11.4 Å². The summed E-state index contributed by atoms with van der Waals surface area (Å²) in [5, 5.41) is 39.5. The van der Waals surface area contributed by atoms with Crippen molar-refractivity contribution < 1.29 is 20.1 Å². The molecule has 0 aliphatic carbocycles. The summed E-state index contributed by atoms with van der Waals surface area (Å²) in [7, 11) is 0. The summed E-state index contributed by atoms with van der Waals surface area (Å²) >= 11 is -0.267. The van der Waals surface area contributed by atoms with E-state index < -0.39 is 49.4 Å². The third kappa shape index (κ3) is 2.31. The van der Waals surface area contributed by atoms with Gasteiger partial charge in [-0.2, -0.15) is 0 Å². The fourth-order valence-corrected chi connectivity index (χ4v) is 4.64. The van der Waals surface area contributed by atoms with Crippen molar-refractivity contribution in [3.63, 3.8) is 0 Å². The maximum atomic E-state index is 10.5. The first-order valence-electron chi connectivity index (χ1n) is 3.19. The molecule has 0 aromatic heterocycles. The highest BCUT2D eigenvalue weighted by molar-refractivity contribution is 14.2. The average Bonchev–Trinajstić information content (AvgIpc) is 1.99. The molecule has 8 nitrogen and oxygen atoms in total. The van der Waals surface area contributed by atoms with Crippen LogP contribution in [0.4, 0.5) is 0 Å². The van der Waals surface area contributed by atoms with Crippen molar-refractivity contribution in [1.29, 1.82) is 0 Å². The number of nitro groups is 2. The second kappa shape index (κ2) is 4.48. The summed E-state index contributed by atoms with van der Waals surface area (Å²) in [6.07, 6.45) is 0. The van der Waals surface area contributed by atoms with Gasteiger partial charge in [0, 0.05) is 20.7 Å². The van der Waals surface area contributed by atoms with Crippen LogP contribution in [0.1, 0.15) is 0 Å². The number of allylic oxidation sites excluding steroid dienone is 1. The summed E-state index contributed by atoms with van der Waals surface area (Å²) in [6, 6.07) is 0. The van der Waals surface area contributed by atoms with Crippen molar-refractivity contribution >= 4 is 47.0 Å². The number of aliphatic hydroxyl groups excluding tert-OH is 2. The summed E-state index contributed by atoms with van der Waals surface area (Å²) in [5.41, 5.74) is -1.37. The molecular weight excluding hydrogens is 438 g/mol. The van der Waals surface area contributed by atoms with Gasteiger partial charge in [-0.3, -0.25) is 20.2 Å². The Labute approximate surface area is 105 Å². The summed E-state index contributed by atoms with van der Waals surface area (Å²) in [5.74, 6) is 0. The van der Waals surface area contributed by atoms with Crippen LogP contribution in [-0.2, 0) is 0 Å². The molecule has 1 aliphatic heterocycles. The van der Waals surface area contributed by atoms with Crippen molar-refractivity contribution in [3.05, 3.63) is 39.0 Å². The molecule has 10 heteroatoms. The van der Waals surface area contributed by atoms with Crippen LogP contribution in [0.15, 0.2) is 18.7 Å². The predicted molar refractivity (Wildman–Crippen MR) is 65.7 cm³/mol. The largest absolute Gasteiger partial charge is 0.498 e. The molecule has 0 aromatic rings. The van der Waals surface area contributed by atoms with Gasteiger partial charge in [-0.15, -0.1) is 0 Å². The Balaban J connectivity index is 3.50. The molecule has 0 atom stereocenters. The molecule has 0 aromatic carbocycles. The van der Waals surface area contributed by atoms with E-state index in [1.165, 1.54) is 22.6 Å². The minimum absolute atomic E-state index is 0.358. The SMILES string of the molecule is O=[N+]([O-])C1=C(O)I=C(O)C([N+](=O)[O-])=C1I. The summed E-state index contributed by atoms with van der Waals surface area (Å²) in [4.78, 5) is 19.2. The third-order valence-corrected chi connectivity index (χ3v) is 4.42. The van der Waals surface area contributed by atoms with E-state index in [1.54, 1.807) is 0 Å². The lowest BCUT2D eigenvalue weighted by Crippen LogP contribution is -2.17. The molecule has 82 valence electrons. The van der Waals surface area contributed by atoms with E-state index in [0.29, 0.717) is 0 Å². The van der Waals surface area contributed by atoms with Crippen LogP contribution in [0.25, 0.3) is 0 Å². The number of hydrogen-bond acceptors (Lipinski definition) is 6. The van der Waals surface area contributed by atoms with Crippen molar-refractivity contribution in [2.45, 2.75) is 0 Å². The first kappa shape index (κ1) is 12.4. The molecule has 0 fully saturated rings. The smallest absolute Gasteiger partial charge is 0.337 e. The second-order valence-corrected chi connectivity index (χ2v) is 5.86. The standard InChI is InChI=1S/C5H2I2N2O6/c6-1-2(8(12)13)4(10)7-5(11)3(1)9(14)15/h10-11H. The molecule has 0 saturated heterocycles. The summed E-state index contributed by atoms with van der Waals surface area (Å²) < 4.78 is -1.51. The lowest BCUT2D eigenvalue weighted by Gasteiger charge is -2.05. The Bertz CT molecular complexity index is 433. The van der Waals surface area contributed by atoms with Crippen LogP contribution in [0.2, 0.25) is 0 Å². The Morgan fingerprint density at radius 3 is 2.00 bits per heavy atom. The van der Waals surface area contributed by atoms with Gasteiger partial charge in [0.15, 0.2) is 7.27 Å². The Hall–Kier alpha value is -0.630. The van der Waals surface area contributed by atoms with Crippen molar-refractivity contribution in [3.8, 4) is 0 Å². The third-order valence-electron chi connectivity index (χ3n) is 1.35. The maximum absolute atomic E-state index is 10.5. The van der Waals surface area contributed by atoms with E-state index >= 15 is 0 Å². The zero-order chi connectivity index (χ0) is 11.7. The van der Waals surface area contributed by atoms with Gasteiger partial charge in [0.25, 0.3) is 0 Å². The lowest BCUT2D eigenvalue weighted by molar-refractivity contribution is -0.431. The van der Waals surface area contributed by atoms with Gasteiger partial charge in [0.2, 0.25) is 3.77 Å². The highest BCUT2D eigenvalue weighted by Crippen LogP contribution is 2.35. The Morgan fingerprint density at radius 1 is 1.13 bits per heavy atom. The molecule has 0 spiro atoms. The number of hydrogen-bond donors (Lipinski definition) is 2. The number of rotatable bonds is 2. The highest BCUT2D eigenvalue weighted by Gasteiger charge is 2.37. The van der Waals surface area contributed by atoms with E-state index in [2.05, 4.69) is 0 Å². The fraction of sp³-hybridized carbons (Fsp3) is 0. The summed E-state index contributed by atoms with van der Waals surface area (Å²) in [6.45, 7) is 0. The van der Waals surface area contributed by atoms with Gasteiger partial charge < -0.3 is 10.2 Å². The van der Waals surface area contributed by atoms with Crippen LogP contribution in [0, 0.1) is 20.2 Å². The van der Waals surface area contributed by atoms with E-state index in [4.69, 9.17) is 0 Å². The fourth-order valence-electron chi connectivity index (χ4n) is 0.779. The normalized spacial score (nSPS) is 17.1. The van der Waals surface area contributed by atoms with Gasteiger partial charge in [-0.25, -0.2) is 0 Å². The number of nitrogens with zero attached hydrogens (tertiary/aromatic N) is 2. The first-order chi connectivity index (χ1) is 6.86. The zero-order valence-electron chi connectivity index (χ0n) is 6.68. The highest BCUT2D eigenvalue weighted by atomic mass is 127. The molecule has 1 aliphatic rings. The number of aliphatic hydroxyl groups is 2. The minimum atomic E-state index is -1.62. The molecule has 0 amide bonds. The van der Waals surface area contributed by atoms with Crippen LogP contribution in [0.3, 0.4) is 0 Å². The van der Waals surface area contributed by atoms with Crippen molar-refractivity contribution in [2.75, 3.05) is 0 Å². The average molecular weight is 440 g/mol. The van der Waals surface area contributed by atoms with Gasteiger partial charge in [-0.1, -0.05) is 0 Å². The molecule has 0 saturated carbocycles. The maximum Gasteiger partial charge on any atom is 0.337 e. The van der Waals surface area contributed by atoms with E-state index in [-0.39, 0.29) is 3.58 Å². The predicted octanol–water partition coefficient (Wildman–Crippen LogP) is 1.40. The Kier molecular flexibility index (Phi) is 3.72. The molecule has 2 N–H and O–H groups in total. The van der Waals surface area contributed by atoms with Crippen LogP contribution >= 0.6 is 43.3 Å². The van der Waals surface area contributed by atoms with Crippen molar-refractivity contribution in [2.24, 2.45) is 0 Å². The van der Waals surface area contributed by atoms with Crippen LogP contribution in [0.5, 0.6) is 0 Å². The second-order valence-electron chi connectivity index (χ2n) is 2.20. The first-order valence-corrected chi connectivity index (χ1v) is 6.43. The topological polar surface area (TPSA) is 127 Å². The van der Waals surface area contributed by atoms with Gasteiger partial charge in [0.1, 0.15) is 0 Å². The quantitative estimate of drug-likeness (QED) is 0.380. The molecule has 15 heavy (non-hydrogen) atoms. The Morgan fingerprint density at radius 2 is 1.60 bits per heavy atom. The zero-order valence-corrected chi connectivity index (χ0v) is 11.0. The monoisotopic (exact) mass is 440 g/mol. The lowest BCUT2D eigenvalue weighted by atomic mass is 10.3.